The summed E-state index contributed by atoms with van der Waals surface area (Å²) in [6.07, 6.45) is -1.42. The van der Waals surface area contributed by atoms with Crippen LogP contribution < -0.4 is 14.9 Å². The predicted octanol–water partition coefficient (Wildman–Crippen LogP) is 0.851. The average molecular weight is 572 g/mol. The van der Waals surface area contributed by atoms with Gasteiger partial charge in [0.2, 0.25) is 12.3 Å². The van der Waals surface area contributed by atoms with Crippen LogP contribution in [0.1, 0.15) is 27.7 Å². The average Bonchev–Trinajstić information content (AvgIpc) is 3.05. The van der Waals surface area contributed by atoms with Gasteiger partial charge in [0, 0.05) is 12.3 Å². The van der Waals surface area contributed by atoms with Crippen LogP contribution in [0.15, 0.2) is 55.3 Å². The molecule has 14 heteroatoms. The van der Waals surface area contributed by atoms with E-state index in [9.17, 15) is 24.9 Å². The van der Waals surface area contributed by atoms with Gasteiger partial charge in [-0.15, -0.1) is 0 Å². The summed E-state index contributed by atoms with van der Waals surface area (Å²) in [4.78, 5) is 25.2. The Morgan fingerprint density at radius 2 is 2.00 bits per heavy atom. The number of carbonyl (C=O) groups excluding carboxylic acids is 2. The topological polar surface area (TPSA) is 159 Å². The molecule has 2 aliphatic rings. The van der Waals surface area contributed by atoms with Crippen molar-refractivity contribution < 1.29 is 43.4 Å². The first kappa shape index (κ1) is 30.2. The molecule has 0 aromatic heterocycles. The summed E-state index contributed by atoms with van der Waals surface area (Å²) in [5.41, 5.74) is -3.69. The van der Waals surface area contributed by atoms with Crippen LogP contribution in [0.5, 0.6) is 5.75 Å². The molecule has 2 aliphatic heterocycles. The zero-order chi connectivity index (χ0) is 28.3. The van der Waals surface area contributed by atoms with Crippen molar-refractivity contribution >= 4 is 30.3 Å². The summed E-state index contributed by atoms with van der Waals surface area (Å²) in [6.45, 7) is 6.18. The number of aliphatic hydroxyl groups excluding tert-OH is 2. The van der Waals surface area contributed by atoms with Crippen LogP contribution in [0, 0.1) is 0 Å². The van der Waals surface area contributed by atoms with E-state index in [0.29, 0.717) is 5.75 Å². The second-order valence-corrected chi connectivity index (χ2v) is 12.6. The molecule has 2 heterocycles. The molecule has 3 rings (SSSR count). The molecule has 1 amide bonds. The van der Waals surface area contributed by atoms with E-state index < -0.39 is 61.1 Å². The number of nitrogens with zero attached hydrogens (tertiary/aromatic N) is 1. The van der Waals surface area contributed by atoms with Gasteiger partial charge in [-0.1, -0.05) is 30.9 Å². The maximum absolute atomic E-state index is 12.5. The first-order chi connectivity index (χ1) is 17.7. The molecule has 1 aromatic rings. The first-order valence-corrected chi connectivity index (χ1v) is 14.5. The van der Waals surface area contributed by atoms with Crippen LogP contribution >= 0.6 is 6.64 Å². The van der Waals surface area contributed by atoms with Crippen LogP contribution in [-0.4, -0.2) is 80.7 Å². The minimum atomic E-state index is -3.49. The molecule has 12 nitrogen and oxygen atoms in total. The van der Waals surface area contributed by atoms with E-state index in [1.165, 1.54) is 13.1 Å². The number of para-hydroxylation sites is 1. The lowest BCUT2D eigenvalue weighted by molar-refractivity contribution is -0.178. The van der Waals surface area contributed by atoms with E-state index in [-0.39, 0.29) is 6.10 Å². The van der Waals surface area contributed by atoms with E-state index in [2.05, 4.69) is 17.0 Å². The Kier molecular flexibility index (Phi) is 9.38. The Hall–Kier alpha value is -2.35. The van der Waals surface area contributed by atoms with E-state index in [4.69, 9.17) is 30.3 Å². The van der Waals surface area contributed by atoms with Crippen molar-refractivity contribution in [2.75, 3.05) is 6.61 Å². The lowest BCUT2D eigenvalue weighted by atomic mass is 9.87. The summed E-state index contributed by atoms with van der Waals surface area (Å²) in [6, 6.07) is 7.69. The number of hydrogen-bond acceptors (Lipinski definition) is 11. The number of carbonyl (C=O) groups is 2. The Balaban J connectivity index is 1.85. The molecular formula is C24H34N3O9PS. The molecule has 1 fully saturated rings. The SMILES string of the molecule is C=C[C@@]1(O)[C@H](O)C(C)(COP(=S)(NC(C)C(=O)OC(C)C)Oc2ccccc2)O[C@H]1N1C=CC(=O)NC1O. The van der Waals surface area contributed by atoms with Crippen molar-refractivity contribution in [3.8, 4) is 5.75 Å². The first-order valence-electron chi connectivity index (χ1n) is 11.9. The maximum atomic E-state index is 12.5. The van der Waals surface area contributed by atoms with Gasteiger partial charge in [0.15, 0.2) is 11.8 Å². The number of amides is 1. The number of aliphatic hydroxyl groups is 3. The van der Waals surface area contributed by atoms with E-state index in [1.54, 1.807) is 51.1 Å². The van der Waals surface area contributed by atoms with E-state index in [1.807, 2.05) is 0 Å². The molecule has 38 heavy (non-hydrogen) atoms. The zero-order valence-electron chi connectivity index (χ0n) is 21.5. The van der Waals surface area contributed by atoms with Crippen molar-refractivity contribution in [2.45, 2.75) is 69.7 Å². The minimum Gasteiger partial charge on any atom is -0.462 e. The van der Waals surface area contributed by atoms with Gasteiger partial charge in [0.05, 0.1) is 12.7 Å². The molecule has 5 N–H and O–H groups in total. The van der Waals surface area contributed by atoms with Crippen molar-refractivity contribution in [3.63, 3.8) is 0 Å². The third-order valence-corrected chi connectivity index (χ3v) is 8.37. The number of hydrogen-bond donors (Lipinski definition) is 5. The highest BCUT2D eigenvalue weighted by Gasteiger charge is 2.62. The number of esters is 1. The standard InChI is InChI=1S/C24H34N3O9PS/c1-6-24(32)20(30)23(5,35-21(24)27-13-12-18(28)25-22(27)31)14-33-37(38,36-17-10-8-7-9-11-17)26-16(4)19(29)34-15(2)3/h6-13,15-16,20-22,30-32H,1,14H2,2-5H3,(H,25,28)(H,26,38)/t16?,20-,21-,22?,23?,24-,37?/m1/s1. The molecule has 0 spiro atoms. The maximum Gasteiger partial charge on any atom is 0.323 e. The third kappa shape index (κ3) is 6.61. The zero-order valence-corrected chi connectivity index (χ0v) is 23.2. The van der Waals surface area contributed by atoms with Crippen molar-refractivity contribution in [2.24, 2.45) is 0 Å². The lowest BCUT2D eigenvalue weighted by Gasteiger charge is -2.39. The van der Waals surface area contributed by atoms with Gasteiger partial charge in [-0.3, -0.25) is 9.59 Å². The summed E-state index contributed by atoms with van der Waals surface area (Å²) in [5, 5.41) is 38.0. The van der Waals surface area contributed by atoms with Crippen LogP contribution in [0.2, 0.25) is 0 Å². The molecule has 0 bridgehead atoms. The predicted molar refractivity (Wildman–Crippen MR) is 141 cm³/mol. The Labute approximate surface area is 226 Å². The normalized spacial score (nSPS) is 31.4. The summed E-state index contributed by atoms with van der Waals surface area (Å²) in [5.74, 6) is -0.731. The largest absolute Gasteiger partial charge is 0.462 e. The van der Waals surface area contributed by atoms with Crippen molar-refractivity contribution in [1.29, 1.82) is 0 Å². The second kappa shape index (κ2) is 11.8. The summed E-state index contributed by atoms with van der Waals surface area (Å²) < 4.78 is 23.3. The smallest absolute Gasteiger partial charge is 0.323 e. The Morgan fingerprint density at radius 1 is 1.34 bits per heavy atom. The molecule has 7 atom stereocenters. The highest BCUT2D eigenvalue weighted by atomic mass is 32.5. The fraction of sp³-hybridized carbons (Fsp3) is 0.500. The molecule has 210 valence electrons. The fourth-order valence-electron chi connectivity index (χ4n) is 3.90. The minimum absolute atomic E-state index is 0.348. The number of rotatable bonds is 11. The second-order valence-electron chi connectivity index (χ2n) is 9.43. The van der Waals surface area contributed by atoms with E-state index >= 15 is 0 Å². The highest BCUT2D eigenvalue weighted by Crippen LogP contribution is 2.49. The molecule has 0 aliphatic carbocycles. The molecular weight excluding hydrogens is 537 g/mol. The highest BCUT2D eigenvalue weighted by molar-refractivity contribution is 8.09. The van der Waals surface area contributed by atoms with Gasteiger partial charge in [0.25, 0.3) is 0 Å². The molecule has 0 saturated carbocycles. The quantitative estimate of drug-likeness (QED) is 0.145. The van der Waals surface area contributed by atoms with Crippen LogP contribution in [0.3, 0.4) is 0 Å². The van der Waals surface area contributed by atoms with Crippen LogP contribution in [-0.2, 0) is 35.4 Å². The Morgan fingerprint density at radius 3 is 2.58 bits per heavy atom. The number of benzene rings is 1. The monoisotopic (exact) mass is 571 g/mol. The molecule has 1 aromatic carbocycles. The van der Waals surface area contributed by atoms with Crippen molar-refractivity contribution in [1.82, 2.24) is 15.3 Å². The molecule has 1 saturated heterocycles. The number of ether oxygens (including phenoxy) is 2. The van der Waals surface area contributed by atoms with Gasteiger partial charge in [0.1, 0.15) is 23.5 Å². The molecule has 0 radical (unpaired) electrons. The number of nitrogens with one attached hydrogen (secondary N) is 2. The van der Waals surface area contributed by atoms with Gasteiger partial charge in [-0.2, -0.15) is 0 Å². The van der Waals surface area contributed by atoms with Gasteiger partial charge >= 0.3 is 12.6 Å². The van der Waals surface area contributed by atoms with Gasteiger partial charge in [-0.05, 0) is 51.6 Å². The van der Waals surface area contributed by atoms with Crippen LogP contribution in [0.4, 0.5) is 0 Å². The lowest BCUT2D eigenvalue weighted by Crippen LogP contribution is -2.60. The van der Waals surface area contributed by atoms with Crippen LogP contribution in [0.25, 0.3) is 0 Å². The summed E-state index contributed by atoms with van der Waals surface area (Å²) in [7, 11) is 0. The van der Waals surface area contributed by atoms with E-state index in [0.717, 1.165) is 17.1 Å². The summed E-state index contributed by atoms with van der Waals surface area (Å²) >= 11 is 5.71. The third-order valence-electron chi connectivity index (χ3n) is 5.89. The Bertz CT molecular complexity index is 1110. The fourth-order valence-corrected chi connectivity index (χ4v) is 6.38. The van der Waals surface area contributed by atoms with Crippen molar-refractivity contribution in [3.05, 3.63) is 55.3 Å². The molecule has 4 unspecified atom stereocenters. The van der Waals surface area contributed by atoms with Gasteiger partial charge in [-0.25, -0.2) is 5.09 Å². The van der Waals surface area contributed by atoms with Gasteiger partial charge < -0.3 is 44.1 Å².